The molecule has 0 fully saturated rings. The average molecular weight is 281 g/mol. The molecular formula is C12H9ClN2O2S. The third kappa shape index (κ3) is 1.76. The first kappa shape index (κ1) is 11.5. The van der Waals surface area contributed by atoms with E-state index >= 15 is 0 Å². The third-order valence-electron chi connectivity index (χ3n) is 2.63. The van der Waals surface area contributed by atoms with Gasteiger partial charge in [0.25, 0.3) is 5.56 Å². The second-order valence-electron chi connectivity index (χ2n) is 3.89. The van der Waals surface area contributed by atoms with E-state index in [9.17, 15) is 4.79 Å². The number of furan rings is 1. The lowest BCUT2D eigenvalue weighted by atomic mass is 10.2. The molecule has 3 aromatic rings. The molecule has 0 amide bonds. The van der Waals surface area contributed by atoms with Gasteiger partial charge in [-0.25, -0.2) is 4.98 Å². The molecule has 3 heterocycles. The first-order valence-electron chi connectivity index (χ1n) is 5.32. The van der Waals surface area contributed by atoms with Gasteiger partial charge in [0.1, 0.15) is 22.2 Å². The van der Waals surface area contributed by atoms with Crippen molar-refractivity contribution in [3.05, 3.63) is 39.5 Å². The molecule has 1 N–H and O–H groups in total. The molecule has 0 aliphatic heterocycles. The van der Waals surface area contributed by atoms with Gasteiger partial charge < -0.3 is 9.40 Å². The molecule has 0 unspecified atom stereocenters. The highest BCUT2D eigenvalue weighted by molar-refractivity contribution is 7.17. The highest BCUT2D eigenvalue weighted by atomic mass is 35.5. The summed E-state index contributed by atoms with van der Waals surface area (Å²) < 4.78 is 5.55. The Morgan fingerprint density at radius 2 is 2.33 bits per heavy atom. The van der Waals surface area contributed by atoms with E-state index in [0.29, 0.717) is 21.8 Å². The zero-order valence-electron chi connectivity index (χ0n) is 9.49. The Hall–Kier alpha value is -1.59. The number of thiophene rings is 1. The van der Waals surface area contributed by atoms with Crippen molar-refractivity contribution in [2.24, 2.45) is 0 Å². The molecule has 4 nitrogen and oxygen atoms in total. The van der Waals surface area contributed by atoms with Crippen molar-refractivity contribution in [1.29, 1.82) is 0 Å². The Kier molecular flexibility index (Phi) is 2.72. The molecule has 3 rings (SSSR count). The van der Waals surface area contributed by atoms with Gasteiger partial charge in [-0.15, -0.1) is 22.9 Å². The molecular weight excluding hydrogens is 272 g/mol. The summed E-state index contributed by atoms with van der Waals surface area (Å²) in [6.07, 6.45) is 0. The topological polar surface area (TPSA) is 58.9 Å². The average Bonchev–Trinajstić information content (AvgIpc) is 2.94. The first-order valence-corrected chi connectivity index (χ1v) is 6.73. The predicted molar refractivity (Wildman–Crippen MR) is 72.2 cm³/mol. The van der Waals surface area contributed by atoms with E-state index in [1.807, 2.05) is 24.4 Å². The summed E-state index contributed by atoms with van der Waals surface area (Å²) in [5, 5.41) is 2.44. The molecule has 0 saturated carbocycles. The van der Waals surface area contributed by atoms with Crippen LogP contribution in [0.15, 0.2) is 26.7 Å². The van der Waals surface area contributed by atoms with Crippen LogP contribution in [0.2, 0.25) is 0 Å². The van der Waals surface area contributed by atoms with E-state index in [-0.39, 0.29) is 11.4 Å². The first-order chi connectivity index (χ1) is 8.69. The summed E-state index contributed by atoms with van der Waals surface area (Å²) in [4.78, 5) is 19.7. The number of nitrogens with zero attached hydrogens (tertiary/aromatic N) is 1. The predicted octanol–water partition coefficient (Wildman–Crippen LogP) is 3.29. The maximum atomic E-state index is 12.0. The smallest absolute Gasteiger partial charge is 0.260 e. The van der Waals surface area contributed by atoms with Crippen LogP contribution in [0.4, 0.5) is 0 Å². The van der Waals surface area contributed by atoms with Gasteiger partial charge in [-0.05, 0) is 19.1 Å². The number of hydrogen-bond donors (Lipinski definition) is 1. The lowest BCUT2D eigenvalue weighted by Gasteiger charge is -1.97. The number of halogens is 1. The number of aromatic amines is 1. The highest BCUT2D eigenvalue weighted by Crippen LogP contribution is 2.31. The van der Waals surface area contributed by atoms with Gasteiger partial charge in [0.2, 0.25) is 0 Å². The van der Waals surface area contributed by atoms with Crippen LogP contribution in [-0.4, -0.2) is 9.97 Å². The maximum Gasteiger partial charge on any atom is 0.260 e. The monoisotopic (exact) mass is 280 g/mol. The molecule has 0 radical (unpaired) electrons. The van der Waals surface area contributed by atoms with Gasteiger partial charge >= 0.3 is 0 Å². The van der Waals surface area contributed by atoms with Crippen molar-refractivity contribution in [1.82, 2.24) is 9.97 Å². The van der Waals surface area contributed by atoms with Crippen LogP contribution in [0.25, 0.3) is 21.5 Å². The van der Waals surface area contributed by atoms with Gasteiger partial charge in [0.15, 0.2) is 0 Å². The van der Waals surface area contributed by atoms with Gasteiger partial charge in [0, 0.05) is 10.9 Å². The van der Waals surface area contributed by atoms with Crippen molar-refractivity contribution in [2.45, 2.75) is 12.8 Å². The maximum absolute atomic E-state index is 12.0. The number of aromatic nitrogens is 2. The summed E-state index contributed by atoms with van der Waals surface area (Å²) in [5.74, 6) is 2.17. The van der Waals surface area contributed by atoms with Gasteiger partial charge in [-0.3, -0.25) is 4.79 Å². The molecule has 0 aliphatic rings. The van der Waals surface area contributed by atoms with Crippen molar-refractivity contribution < 1.29 is 4.42 Å². The lowest BCUT2D eigenvalue weighted by molar-refractivity contribution is 0.549. The Balaban J connectivity index is 2.29. The van der Waals surface area contributed by atoms with E-state index in [2.05, 4.69) is 9.97 Å². The summed E-state index contributed by atoms with van der Waals surface area (Å²) in [6, 6.07) is 3.72. The zero-order chi connectivity index (χ0) is 12.7. The minimum Gasteiger partial charge on any atom is -0.461 e. The fourth-order valence-corrected chi connectivity index (χ4v) is 2.89. The molecule has 0 aromatic carbocycles. The van der Waals surface area contributed by atoms with Crippen molar-refractivity contribution in [3.8, 4) is 11.3 Å². The van der Waals surface area contributed by atoms with Crippen molar-refractivity contribution in [3.63, 3.8) is 0 Å². The molecule has 0 saturated heterocycles. The van der Waals surface area contributed by atoms with E-state index in [0.717, 1.165) is 11.3 Å². The fourth-order valence-electron chi connectivity index (χ4n) is 1.82. The molecule has 6 heteroatoms. The van der Waals surface area contributed by atoms with Crippen LogP contribution in [-0.2, 0) is 5.88 Å². The summed E-state index contributed by atoms with van der Waals surface area (Å²) in [7, 11) is 0. The second kappa shape index (κ2) is 4.26. The van der Waals surface area contributed by atoms with Gasteiger partial charge in [0.05, 0.1) is 11.3 Å². The molecule has 0 atom stereocenters. The highest BCUT2D eigenvalue weighted by Gasteiger charge is 2.14. The lowest BCUT2D eigenvalue weighted by Crippen LogP contribution is -2.10. The number of hydrogen-bond acceptors (Lipinski definition) is 4. The van der Waals surface area contributed by atoms with Crippen molar-refractivity contribution >= 4 is 33.2 Å². The van der Waals surface area contributed by atoms with Crippen LogP contribution in [0.3, 0.4) is 0 Å². The number of fused-ring (bicyclic) bond motifs is 1. The Morgan fingerprint density at radius 1 is 1.50 bits per heavy atom. The summed E-state index contributed by atoms with van der Waals surface area (Å²) in [5.41, 5.74) is 0.596. The number of alkyl halides is 1. The molecule has 92 valence electrons. The minimum atomic E-state index is -0.180. The second-order valence-corrected chi connectivity index (χ2v) is 5.01. The van der Waals surface area contributed by atoms with Crippen LogP contribution in [0.1, 0.15) is 11.6 Å². The van der Waals surface area contributed by atoms with Crippen LogP contribution in [0, 0.1) is 6.92 Å². The molecule has 3 aromatic heterocycles. The Morgan fingerprint density at radius 3 is 3.00 bits per heavy atom. The SMILES string of the molecule is Cc1ccc(-c2csc3nc(CCl)[nH]c(=O)c23)o1. The Labute approximate surface area is 111 Å². The number of nitrogens with one attached hydrogen (secondary N) is 1. The number of H-pyrrole nitrogens is 1. The minimum absolute atomic E-state index is 0.180. The normalized spacial score (nSPS) is 11.2. The number of rotatable bonds is 2. The molecule has 0 bridgehead atoms. The van der Waals surface area contributed by atoms with Crippen LogP contribution in [0.5, 0.6) is 0 Å². The molecule has 0 aliphatic carbocycles. The van der Waals surface area contributed by atoms with E-state index in [1.54, 1.807) is 0 Å². The summed E-state index contributed by atoms with van der Waals surface area (Å²) >= 11 is 7.09. The molecule has 0 spiro atoms. The quantitative estimate of drug-likeness (QED) is 0.733. The standard InChI is InChI=1S/C12H9ClN2O2S/c1-6-2-3-8(17-6)7-5-18-12-10(7)11(16)14-9(4-13)15-12/h2-3,5H,4H2,1H3,(H,14,15,16). The van der Waals surface area contributed by atoms with Gasteiger partial charge in [-0.2, -0.15) is 0 Å². The fraction of sp³-hybridized carbons (Fsp3) is 0.167. The van der Waals surface area contributed by atoms with Crippen LogP contribution >= 0.6 is 22.9 Å². The number of aryl methyl sites for hydroxylation is 1. The van der Waals surface area contributed by atoms with Gasteiger partial charge in [-0.1, -0.05) is 0 Å². The third-order valence-corrected chi connectivity index (χ3v) is 3.75. The Bertz CT molecular complexity index is 772. The van der Waals surface area contributed by atoms with E-state index in [4.69, 9.17) is 16.0 Å². The summed E-state index contributed by atoms with van der Waals surface area (Å²) in [6.45, 7) is 1.87. The molecule has 18 heavy (non-hydrogen) atoms. The zero-order valence-corrected chi connectivity index (χ0v) is 11.1. The van der Waals surface area contributed by atoms with Crippen molar-refractivity contribution in [2.75, 3.05) is 0 Å². The van der Waals surface area contributed by atoms with E-state index < -0.39 is 0 Å². The van der Waals surface area contributed by atoms with E-state index in [1.165, 1.54) is 11.3 Å². The van der Waals surface area contributed by atoms with Crippen LogP contribution < -0.4 is 5.56 Å². The largest absolute Gasteiger partial charge is 0.461 e.